The first kappa shape index (κ1) is 15.6. The molecule has 1 saturated heterocycles. The van der Waals surface area contributed by atoms with Crippen LogP contribution >= 0.6 is 0 Å². The molecule has 1 heterocycles. The number of nitrogens with one attached hydrogen (secondary N) is 1. The van der Waals surface area contributed by atoms with Crippen LogP contribution in [-0.4, -0.2) is 62.6 Å². The molecule has 0 aliphatic carbocycles. The van der Waals surface area contributed by atoms with Gasteiger partial charge in [-0.05, 0) is 12.1 Å². The van der Waals surface area contributed by atoms with E-state index >= 15 is 0 Å². The minimum absolute atomic E-state index is 0.0886. The highest BCUT2D eigenvalue weighted by molar-refractivity contribution is 5.49. The molecule has 1 fully saturated rings. The van der Waals surface area contributed by atoms with Gasteiger partial charge in [0, 0.05) is 17.8 Å². The Bertz CT molecular complexity index is 493. The Kier molecular flexibility index (Phi) is 4.70. The number of aliphatic hydroxyl groups is 4. The highest BCUT2D eigenvalue weighted by atomic mass is 16.6. The maximum Gasteiger partial charge on any atom is 0.269 e. The minimum atomic E-state index is -1.48. The lowest BCUT2D eigenvalue weighted by atomic mass is 9.98. The minimum Gasteiger partial charge on any atom is -0.394 e. The number of non-ortho nitro benzene ring substituents is 1. The van der Waals surface area contributed by atoms with Crippen LogP contribution in [-0.2, 0) is 4.74 Å². The van der Waals surface area contributed by atoms with Crippen molar-refractivity contribution in [1.82, 2.24) is 0 Å². The number of nitro benzene ring substituents is 1. The summed E-state index contributed by atoms with van der Waals surface area (Å²) < 4.78 is 5.26. The van der Waals surface area contributed by atoms with Crippen LogP contribution in [0.4, 0.5) is 11.4 Å². The quantitative estimate of drug-likeness (QED) is 0.344. The summed E-state index contributed by atoms with van der Waals surface area (Å²) >= 11 is 0. The summed E-state index contributed by atoms with van der Waals surface area (Å²) in [6.45, 7) is -0.524. The van der Waals surface area contributed by atoms with Gasteiger partial charge in [-0.2, -0.15) is 0 Å². The van der Waals surface area contributed by atoms with Crippen LogP contribution < -0.4 is 5.32 Å². The molecule has 1 aromatic rings. The lowest BCUT2D eigenvalue weighted by molar-refractivity contribution is -0.384. The van der Waals surface area contributed by atoms with E-state index in [1.807, 2.05) is 0 Å². The summed E-state index contributed by atoms with van der Waals surface area (Å²) in [4.78, 5) is 10.0. The summed E-state index contributed by atoms with van der Waals surface area (Å²) in [5, 5.41) is 51.5. The van der Waals surface area contributed by atoms with Gasteiger partial charge in [-0.15, -0.1) is 0 Å². The van der Waals surface area contributed by atoms with Crippen molar-refractivity contribution in [3.8, 4) is 0 Å². The van der Waals surface area contributed by atoms with E-state index < -0.39 is 42.2 Å². The smallest absolute Gasteiger partial charge is 0.269 e. The lowest BCUT2D eigenvalue weighted by Crippen LogP contribution is -2.60. The Morgan fingerprint density at radius 1 is 1.14 bits per heavy atom. The van der Waals surface area contributed by atoms with Gasteiger partial charge < -0.3 is 30.5 Å². The van der Waals surface area contributed by atoms with E-state index in [2.05, 4.69) is 5.32 Å². The summed E-state index contributed by atoms with van der Waals surface area (Å²) in [5.41, 5.74) is 0.333. The predicted molar refractivity (Wildman–Crippen MR) is 70.5 cm³/mol. The number of nitrogens with zero attached hydrogens (tertiary/aromatic N) is 1. The molecule has 0 spiro atoms. The van der Waals surface area contributed by atoms with Crippen molar-refractivity contribution in [3.63, 3.8) is 0 Å². The van der Waals surface area contributed by atoms with Crippen molar-refractivity contribution in [2.24, 2.45) is 0 Å². The van der Waals surface area contributed by atoms with Crippen LogP contribution in [0.2, 0.25) is 0 Å². The van der Waals surface area contributed by atoms with Crippen molar-refractivity contribution in [1.29, 1.82) is 0 Å². The molecule has 2 rings (SSSR count). The van der Waals surface area contributed by atoms with Gasteiger partial charge >= 0.3 is 0 Å². The molecule has 1 aromatic carbocycles. The first-order valence-electron chi connectivity index (χ1n) is 6.25. The van der Waals surface area contributed by atoms with Crippen molar-refractivity contribution >= 4 is 11.4 Å². The molecule has 0 aromatic heterocycles. The predicted octanol–water partition coefficient (Wildman–Crippen LogP) is -1.19. The second-order valence-corrected chi connectivity index (χ2v) is 4.70. The van der Waals surface area contributed by atoms with Crippen molar-refractivity contribution < 1.29 is 30.1 Å². The normalized spacial score (nSPS) is 32.7. The second-order valence-electron chi connectivity index (χ2n) is 4.70. The summed E-state index contributed by atoms with van der Waals surface area (Å²) in [5.74, 6) is 0. The lowest BCUT2D eigenvalue weighted by Gasteiger charge is -2.40. The van der Waals surface area contributed by atoms with Crippen LogP contribution in [0.1, 0.15) is 0 Å². The van der Waals surface area contributed by atoms with Gasteiger partial charge in [0.25, 0.3) is 5.69 Å². The van der Waals surface area contributed by atoms with Crippen molar-refractivity contribution in [2.45, 2.75) is 30.6 Å². The number of rotatable bonds is 4. The average molecular weight is 300 g/mol. The van der Waals surface area contributed by atoms with Gasteiger partial charge in [0.2, 0.25) is 0 Å². The maximum absolute atomic E-state index is 10.5. The van der Waals surface area contributed by atoms with E-state index in [1.54, 1.807) is 0 Å². The molecule has 5 N–H and O–H groups in total. The Morgan fingerprint density at radius 2 is 1.76 bits per heavy atom. The summed E-state index contributed by atoms with van der Waals surface area (Å²) in [6.07, 6.45) is -6.41. The SMILES string of the molecule is O=[N+]([O-])c1ccc(N[C@@H]2O[C@H](CO)[C@@H](O)[C@H](O)[C@H]2O)cc1. The molecule has 5 atom stereocenters. The van der Waals surface area contributed by atoms with E-state index in [9.17, 15) is 25.4 Å². The molecule has 0 unspecified atom stereocenters. The average Bonchev–Trinajstić information content (AvgIpc) is 2.48. The van der Waals surface area contributed by atoms with Crippen LogP contribution in [0.25, 0.3) is 0 Å². The zero-order valence-electron chi connectivity index (χ0n) is 10.9. The topological polar surface area (TPSA) is 145 Å². The standard InChI is InChI=1S/C12H16N2O7/c15-5-8-9(16)10(17)11(18)12(21-8)13-6-1-3-7(4-2-6)14(19)20/h1-4,8-13,15-18H,5H2/t8-,9-,10+,11-,12-/m1/s1. The maximum atomic E-state index is 10.5. The Balaban J connectivity index is 2.08. The number of anilines is 1. The zero-order valence-corrected chi connectivity index (χ0v) is 10.9. The van der Waals surface area contributed by atoms with E-state index in [0.717, 1.165) is 0 Å². The van der Waals surface area contributed by atoms with Crippen LogP contribution in [0.5, 0.6) is 0 Å². The fourth-order valence-corrected chi connectivity index (χ4v) is 2.06. The third kappa shape index (κ3) is 3.28. The molecule has 0 saturated carbocycles. The van der Waals surface area contributed by atoms with E-state index in [-0.39, 0.29) is 5.69 Å². The molecule has 9 nitrogen and oxygen atoms in total. The van der Waals surface area contributed by atoms with E-state index in [1.165, 1.54) is 24.3 Å². The molecule has 116 valence electrons. The van der Waals surface area contributed by atoms with Crippen LogP contribution in [0.15, 0.2) is 24.3 Å². The molecule has 0 amide bonds. The number of aliphatic hydroxyl groups excluding tert-OH is 4. The third-order valence-electron chi connectivity index (χ3n) is 3.28. The van der Waals surface area contributed by atoms with E-state index in [4.69, 9.17) is 9.84 Å². The molecule has 21 heavy (non-hydrogen) atoms. The molecular weight excluding hydrogens is 284 g/mol. The Labute approximate surface area is 119 Å². The van der Waals surface area contributed by atoms with Crippen LogP contribution in [0.3, 0.4) is 0 Å². The largest absolute Gasteiger partial charge is 0.394 e. The number of nitro groups is 1. The molecule has 9 heteroatoms. The molecule has 1 aliphatic rings. The van der Waals surface area contributed by atoms with Gasteiger partial charge in [-0.25, -0.2) is 0 Å². The van der Waals surface area contributed by atoms with Gasteiger partial charge in [-0.1, -0.05) is 0 Å². The fourth-order valence-electron chi connectivity index (χ4n) is 2.06. The van der Waals surface area contributed by atoms with Gasteiger partial charge in [0.15, 0.2) is 6.23 Å². The first-order valence-corrected chi connectivity index (χ1v) is 6.25. The van der Waals surface area contributed by atoms with E-state index in [0.29, 0.717) is 5.69 Å². The fraction of sp³-hybridized carbons (Fsp3) is 0.500. The number of benzene rings is 1. The summed E-state index contributed by atoms with van der Waals surface area (Å²) in [7, 11) is 0. The number of hydrogen-bond acceptors (Lipinski definition) is 8. The van der Waals surface area contributed by atoms with Crippen molar-refractivity contribution in [3.05, 3.63) is 34.4 Å². The van der Waals surface area contributed by atoms with Gasteiger partial charge in [0.1, 0.15) is 24.4 Å². The Hall–Kier alpha value is -1.78. The highest BCUT2D eigenvalue weighted by Crippen LogP contribution is 2.23. The second kappa shape index (κ2) is 6.33. The molecular formula is C12H16N2O7. The summed E-state index contributed by atoms with van der Waals surface area (Å²) in [6, 6.07) is 5.37. The first-order chi connectivity index (χ1) is 9.93. The van der Waals surface area contributed by atoms with Crippen molar-refractivity contribution in [2.75, 3.05) is 11.9 Å². The third-order valence-corrected chi connectivity index (χ3v) is 3.28. The number of hydrogen-bond donors (Lipinski definition) is 5. The Morgan fingerprint density at radius 3 is 2.29 bits per heavy atom. The molecule has 0 bridgehead atoms. The zero-order chi connectivity index (χ0) is 15.6. The number of ether oxygens (including phenoxy) is 1. The molecule has 0 radical (unpaired) electrons. The monoisotopic (exact) mass is 300 g/mol. The van der Waals surface area contributed by atoms with Gasteiger partial charge in [0.05, 0.1) is 11.5 Å². The highest BCUT2D eigenvalue weighted by Gasteiger charge is 2.43. The van der Waals surface area contributed by atoms with Gasteiger partial charge in [-0.3, -0.25) is 10.1 Å². The van der Waals surface area contributed by atoms with Crippen LogP contribution in [0, 0.1) is 10.1 Å². The molecule has 1 aliphatic heterocycles.